The number of nitrogens with one attached hydrogen (secondary N) is 1. The van der Waals surface area contributed by atoms with E-state index in [4.69, 9.17) is 9.47 Å². The van der Waals surface area contributed by atoms with Crippen LogP contribution >= 0.6 is 0 Å². The minimum absolute atomic E-state index is 0.0218. The van der Waals surface area contributed by atoms with Crippen LogP contribution in [0.5, 0.6) is 5.75 Å². The van der Waals surface area contributed by atoms with Gasteiger partial charge in [-0.3, -0.25) is 4.79 Å². The van der Waals surface area contributed by atoms with E-state index in [0.29, 0.717) is 31.6 Å². The van der Waals surface area contributed by atoms with Crippen molar-refractivity contribution in [2.24, 2.45) is 5.92 Å². The van der Waals surface area contributed by atoms with Crippen LogP contribution in [-0.4, -0.2) is 32.3 Å². The molecule has 0 spiro atoms. The molecule has 22 heavy (non-hydrogen) atoms. The molecular formula is C18H27NO3. The first-order valence-corrected chi connectivity index (χ1v) is 8.20. The molecule has 0 aliphatic heterocycles. The van der Waals surface area contributed by atoms with Crippen LogP contribution in [0.3, 0.4) is 0 Å². The number of ether oxygens (including phenoxy) is 2. The molecule has 0 bridgehead atoms. The Bertz CT molecular complexity index is 475. The molecule has 2 unspecified atom stereocenters. The van der Waals surface area contributed by atoms with Gasteiger partial charge >= 0.3 is 0 Å². The molecule has 1 aliphatic carbocycles. The van der Waals surface area contributed by atoms with Crippen LogP contribution in [0.1, 0.15) is 38.2 Å². The van der Waals surface area contributed by atoms with E-state index in [-0.39, 0.29) is 5.91 Å². The zero-order valence-corrected chi connectivity index (χ0v) is 13.6. The fourth-order valence-electron chi connectivity index (χ4n) is 2.96. The number of benzene rings is 1. The summed E-state index contributed by atoms with van der Waals surface area (Å²) in [4.78, 5) is 11.9. The monoisotopic (exact) mass is 305 g/mol. The molecule has 4 nitrogen and oxygen atoms in total. The summed E-state index contributed by atoms with van der Waals surface area (Å²) in [5.74, 6) is 1.44. The molecule has 0 saturated heterocycles. The van der Waals surface area contributed by atoms with Gasteiger partial charge in [0, 0.05) is 6.54 Å². The van der Waals surface area contributed by atoms with E-state index in [1.807, 2.05) is 24.3 Å². The fourth-order valence-corrected chi connectivity index (χ4v) is 2.96. The SMILES string of the molecule is COc1cccc(CC(=O)NCCOC2CCCCC2C)c1. The number of rotatable bonds is 7. The topological polar surface area (TPSA) is 47.6 Å². The number of carbonyl (C=O) groups excluding carboxylic acids is 1. The predicted octanol–water partition coefficient (Wildman–Crippen LogP) is 2.95. The van der Waals surface area contributed by atoms with Gasteiger partial charge in [-0.2, -0.15) is 0 Å². The maximum absolute atomic E-state index is 11.9. The molecular weight excluding hydrogens is 278 g/mol. The number of carbonyl (C=O) groups is 1. The molecule has 2 atom stereocenters. The van der Waals surface area contributed by atoms with Gasteiger partial charge in [0.05, 0.1) is 26.2 Å². The van der Waals surface area contributed by atoms with Gasteiger partial charge in [-0.15, -0.1) is 0 Å². The molecule has 1 aromatic carbocycles. The van der Waals surface area contributed by atoms with Gasteiger partial charge < -0.3 is 14.8 Å². The third kappa shape index (κ3) is 5.34. The van der Waals surface area contributed by atoms with E-state index < -0.39 is 0 Å². The third-order valence-electron chi connectivity index (χ3n) is 4.29. The smallest absolute Gasteiger partial charge is 0.224 e. The Balaban J connectivity index is 1.65. The highest BCUT2D eigenvalue weighted by Gasteiger charge is 2.21. The maximum Gasteiger partial charge on any atom is 0.224 e. The fraction of sp³-hybridized carbons (Fsp3) is 0.611. The molecule has 1 fully saturated rings. The van der Waals surface area contributed by atoms with Gasteiger partial charge in [-0.1, -0.05) is 31.9 Å². The minimum atomic E-state index is 0.0218. The molecule has 1 N–H and O–H groups in total. The highest BCUT2D eigenvalue weighted by Crippen LogP contribution is 2.25. The van der Waals surface area contributed by atoms with Gasteiger partial charge in [0.2, 0.25) is 5.91 Å². The van der Waals surface area contributed by atoms with Crippen LogP contribution in [0, 0.1) is 5.92 Å². The summed E-state index contributed by atoms with van der Waals surface area (Å²) in [6, 6.07) is 7.59. The molecule has 1 amide bonds. The van der Waals surface area contributed by atoms with Crippen LogP contribution in [0.2, 0.25) is 0 Å². The van der Waals surface area contributed by atoms with Crippen molar-refractivity contribution in [2.75, 3.05) is 20.3 Å². The molecule has 122 valence electrons. The first-order chi connectivity index (χ1) is 10.7. The Morgan fingerprint density at radius 3 is 2.91 bits per heavy atom. The average molecular weight is 305 g/mol. The van der Waals surface area contributed by atoms with Crippen molar-refractivity contribution >= 4 is 5.91 Å². The van der Waals surface area contributed by atoms with Crippen LogP contribution < -0.4 is 10.1 Å². The maximum atomic E-state index is 11.9. The molecule has 0 heterocycles. The van der Waals surface area contributed by atoms with Crippen LogP contribution in [0.25, 0.3) is 0 Å². The van der Waals surface area contributed by atoms with Crippen LogP contribution in [-0.2, 0) is 16.0 Å². The standard InChI is InChI=1S/C18H27NO3/c1-14-6-3-4-9-17(14)22-11-10-19-18(20)13-15-7-5-8-16(12-15)21-2/h5,7-8,12,14,17H,3-4,6,9-11,13H2,1-2H3,(H,19,20). The second-order valence-corrected chi connectivity index (χ2v) is 6.05. The Hall–Kier alpha value is -1.55. The van der Waals surface area contributed by atoms with Gasteiger partial charge in [-0.25, -0.2) is 0 Å². The largest absolute Gasteiger partial charge is 0.497 e. The molecule has 1 saturated carbocycles. The number of hydrogen-bond donors (Lipinski definition) is 1. The van der Waals surface area contributed by atoms with Crippen LogP contribution in [0.15, 0.2) is 24.3 Å². The lowest BCUT2D eigenvalue weighted by atomic mass is 9.88. The van der Waals surface area contributed by atoms with Gasteiger partial charge in [-0.05, 0) is 36.5 Å². The molecule has 1 aromatic rings. The Morgan fingerprint density at radius 1 is 1.32 bits per heavy atom. The molecule has 1 aliphatic rings. The van der Waals surface area contributed by atoms with Crippen molar-refractivity contribution < 1.29 is 14.3 Å². The number of methoxy groups -OCH3 is 1. The van der Waals surface area contributed by atoms with E-state index in [1.165, 1.54) is 19.3 Å². The lowest BCUT2D eigenvalue weighted by molar-refractivity contribution is -0.120. The summed E-state index contributed by atoms with van der Waals surface area (Å²) >= 11 is 0. The Labute approximate surface area is 133 Å². The van der Waals surface area contributed by atoms with Crippen molar-refractivity contribution in [1.29, 1.82) is 0 Å². The van der Waals surface area contributed by atoms with Gasteiger partial charge in [0.25, 0.3) is 0 Å². The van der Waals surface area contributed by atoms with E-state index in [2.05, 4.69) is 12.2 Å². The second-order valence-electron chi connectivity index (χ2n) is 6.05. The normalized spacial score (nSPS) is 21.4. The summed E-state index contributed by atoms with van der Waals surface area (Å²) in [7, 11) is 1.63. The number of amides is 1. The van der Waals surface area contributed by atoms with Gasteiger partial charge in [0.15, 0.2) is 0 Å². The molecule has 4 heteroatoms. The highest BCUT2D eigenvalue weighted by molar-refractivity contribution is 5.78. The van der Waals surface area contributed by atoms with Crippen LogP contribution in [0.4, 0.5) is 0 Å². The summed E-state index contributed by atoms with van der Waals surface area (Å²) in [6.07, 6.45) is 5.72. The van der Waals surface area contributed by atoms with Crippen molar-refractivity contribution in [3.63, 3.8) is 0 Å². The molecule has 0 aromatic heterocycles. The average Bonchev–Trinajstić information content (AvgIpc) is 2.53. The first-order valence-electron chi connectivity index (χ1n) is 8.20. The lowest BCUT2D eigenvalue weighted by Gasteiger charge is -2.28. The minimum Gasteiger partial charge on any atom is -0.497 e. The zero-order chi connectivity index (χ0) is 15.8. The first kappa shape index (κ1) is 16.8. The van der Waals surface area contributed by atoms with E-state index >= 15 is 0 Å². The summed E-state index contributed by atoms with van der Waals surface area (Å²) in [5, 5.41) is 2.92. The van der Waals surface area contributed by atoms with Gasteiger partial charge in [0.1, 0.15) is 5.75 Å². The summed E-state index contributed by atoms with van der Waals surface area (Å²) in [5.41, 5.74) is 0.957. The zero-order valence-electron chi connectivity index (χ0n) is 13.6. The third-order valence-corrected chi connectivity index (χ3v) is 4.29. The quantitative estimate of drug-likeness (QED) is 0.788. The van der Waals surface area contributed by atoms with Crippen molar-refractivity contribution in [3.05, 3.63) is 29.8 Å². The Morgan fingerprint density at radius 2 is 2.14 bits per heavy atom. The van der Waals surface area contributed by atoms with E-state index in [9.17, 15) is 4.79 Å². The number of hydrogen-bond acceptors (Lipinski definition) is 3. The van der Waals surface area contributed by atoms with E-state index in [0.717, 1.165) is 17.7 Å². The summed E-state index contributed by atoms with van der Waals surface area (Å²) < 4.78 is 11.1. The second kappa shape index (κ2) is 8.79. The molecule has 2 rings (SSSR count). The summed E-state index contributed by atoms with van der Waals surface area (Å²) in [6.45, 7) is 3.43. The predicted molar refractivity (Wildman–Crippen MR) is 87.1 cm³/mol. The van der Waals surface area contributed by atoms with Crippen molar-refractivity contribution in [3.8, 4) is 5.75 Å². The van der Waals surface area contributed by atoms with Crippen molar-refractivity contribution in [2.45, 2.75) is 45.1 Å². The molecule has 0 radical (unpaired) electrons. The lowest BCUT2D eigenvalue weighted by Crippen LogP contribution is -2.32. The Kier molecular flexibility index (Phi) is 6.72. The van der Waals surface area contributed by atoms with E-state index in [1.54, 1.807) is 7.11 Å². The van der Waals surface area contributed by atoms with Crippen molar-refractivity contribution in [1.82, 2.24) is 5.32 Å². The highest BCUT2D eigenvalue weighted by atomic mass is 16.5.